The maximum Gasteiger partial charge on any atom is 0.297 e. The smallest absolute Gasteiger partial charge is 0.265 e. The molecule has 0 saturated carbocycles. The number of fused-ring (bicyclic) bond motifs is 1. The molecule has 2 aromatic carbocycles. The minimum Gasteiger partial charge on any atom is -0.265 e. The maximum atomic E-state index is 13.8. The molecule has 142 valence electrons. The van der Waals surface area contributed by atoms with Crippen LogP contribution >= 0.6 is 57.7 Å². The molecule has 0 atom stereocenters. The van der Waals surface area contributed by atoms with Gasteiger partial charge in [0, 0.05) is 22.0 Å². The predicted octanol–water partition coefficient (Wildman–Crippen LogP) is 5.56. The highest BCUT2D eigenvalue weighted by molar-refractivity contribution is 7.19. The Bertz CT molecular complexity index is 1290. The van der Waals surface area contributed by atoms with Gasteiger partial charge in [-0.1, -0.05) is 63.8 Å². The number of rotatable bonds is 3. The molecule has 0 spiro atoms. The molecular weight excluding hydrogens is 469 g/mol. The van der Waals surface area contributed by atoms with E-state index in [-0.39, 0.29) is 27.1 Å². The summed E-state index contributed by atoms with van der Waals surface area (Å²) in [5.74, 6) is -0.642. The van der Waals surface area contributed by atoms with Crippen molar-refractivity contribution in [2.24, 2.45) is 0 Å². The van der Waals surface area contributed by atoms with E-state index in [2.05, 4.69) is 15.3 Å². The maximum absolute atomic E-state index is 13.8. The first-order valence-electron chi connectivity index (χ1n) is 7.68. The molecule has 0 radical (unpaired) electrons. The van der Waals surface area contributed by atoms with Gasteiger partial charge in [-0.25, -0.2) is 4.39 Å². The molecule has 0 N–H and O–H groups in total. The minimum absolute atomic E-state index is 0.103. The summed E-state index contributed by atoms with van der Waals surface area (Å²) in [5.41, 5.74) is 0.687. The van der Waals surface area contributed by atoms with Crippen LogP contribution in [0, 0.1) is 5.82 Å². The first-order valence-corrected chi connectivity index (χ1v) is 10.0. The van der Waals surface area contributed by atoms with E-state index in [0.29, 0.717) is 26.2 Å². The van der Waals surface area contributed by atoms with E-state index in [0.717, 1.165) is 21.9 Å². The standard InChI is InChI=1S/C17H7Cl4FN4OS/c18-8-2-1-7(10(19)4-8)3-14-16(27)26-17(24-23-14)28-15(25-26)9-5-13(22)12(21)6-11(9)20/h1-2,4-6H,3H2. The van der Waals surface area contributed by atoms with Gasteiger partial charge < -0.3 is 0 Å². The van der Waals surface area contributed by atoms with Crippen molar-refractivity contribution in [3.8, 4) is 10.6 Å². The first kappa shape index (κ1) is 19.5. The highest BCUT2D eigenvalue weighted by Crippen LogP contribution is 2.34. The molecule has 0 aliphatic carbocycles. The van der Waals surface area contributed by atoms with E-state index in [9.17, 15) is 9.18 Å². The first-order chi connectivity index (χ1) is 13.3. The summed E-state index contributed by atoms with van der Waals surface area (Å²) in [6.07, 6.45) is 0.161. The summed E-state index contributed by atoms with van der Waals surface area (Å²) >= 11 is 25.0. The Balaban J connectivity index is 1.78. The van der Waals surface area contributed by atoms with Gasteiger partial charge in [0.25, 0.3) is 5.56 Å². The number of aromatic nitrogens is 4. The van der Waals surface area contributed by atoms with Crippen LogP contribution in [0.4, 0.5) is 4.39 Å². The van der Waals surface area contributed by atoms with Crippen molar-refractivity contribution < 1.29 is 4.39 Å². The second-order valence-corrected chi connectivity index (χ2v) is 8.33. The van der Waals surface area contributed by atoms with E-state index in [1.165, 1.54) is 6.07 Å². The number of benzene rings is 2. The molecule has 5 nitrogen and oxygen atoms in total. The second kappa shape index (κ2) is 7.57. The van der Waals surface area contributed by atoms with Gasteiger partial charge in [-0.2, -0.15) is 9.61 Å². The zero-order valence-electron chi connectivity index (χ0n) is 13.6. The number of nitrogens with zero attached hydrogens (tertiary/aromatic N) is 4. The average Bonchev–Trinajstić information content (AvgIpc) is 3.07. The van der Waals surface area contributed by atoms with Crippen LogP contribution in [0.5, 0.6) is 0 Å². The molecule has 28 heavy (non-hydrogen) atoms. The fourth-order valence-corrected chi connectivity index (χ4v) is 4.37. The zero-order valence-corrected chi connectivity index (χ0v) is 17.4. The number of hydrogen-bond acceptors (Lipinski definition) is 5. The monoisotopic (exact) mass is 474 g/mol. The molecule has 0 aliphatic rings. The van der Waals surface area contributed by atoms with E-state index >= 15 is 0 Å². The fourth-order valence-electron chi connectivity index (χ4n) is 2.50. The van der Waals surface area contributed by atoms with Gasteiger partial charge >= 0.3 is 0 Å². The quantitative estimate of drug-likeness (QED) is 0.364. The van der Waals surface area contributed by atoms with Crippen LogP contribution in [0.2, 0.25) is 20.1 Å². The van der Waals surface area contributed by atoms with E-state index in [1.54, 1.807) is 18.2 Å². The van der Waals surface area contributed by atoms with Crippen molar-refractivity contribution >= 4 is 62.7 Å². The molecular formula is C17H7Cl4FN4OS. The molecule has 0 bridgehead atoms. The number of hydrogen-bond donors (Lipinski definition) is 0. The van der Waals surface area contributed by atoms with E-state index in [4.69, 9.17) is 46.4 Å². The molecule has 2 aromatic heterocycles. The molecule has 0 fully saturated rings. The summed E-state index contributed by atoms with van der Waals surface area (Å²) < 4.78 is 14.9. The lowest BCUT2D eigenvalue weighted by molar-refractivity contribution is 0.628. The Labute approximate surface area is 181 Å². The van der Waals surface area contributed by atoms with Gasteiger partial charge in [0.2, 0.25) is 4.96 Å². The summed E-state index contributed by atoms with van der Waals surface area (Å²) in [6, 6.07) is 7.41. The van der Waals surface area contributed by atoms with Crippen LogP contribution in [0.25, 0.3) is 15.5 Å². The van der Waals surface area contributed by atoms with Crippen molar-refractivity contribution in [1.29, 1.82) is 0 Å². The van der Waals surface area contributed by atoms with Crippen molar-refractivity contribution in [1.82, 2.24) is 19.8 Å². The van der Waals surface area contributed by atoms with Crippen LogP contribution in [-0.4, -0.2) is 19.8 Å². The van der Waals surface area contributed by atoms with Crippen LogP contribution in [0.1, 0.15) is 11.3 Å². The predicted molar refractivity (Wildman–Crippen MR) is 110 cm³/mol. The Kier molecular flexibility index (Phi) is 5.28. The third kappa shape index (κ3) is 3.60. The largest absolute Gasteiger partial charge is 0.297 e. The Morgan fingerprint density at radius 2 is 1.79 bits per heavy atom. The van der Waals surface area contributed by atoms with Gasteiger partial charge in [0.1, 0.15) is 16.5 Å². The average molecular weight is 476 g/mol. The van der Waals surface area contributed by atoms with Gasteiger partial charge in [-0.15, -0.1) is 10.2 Å². The molecule has 2 heterocycles. The lowest BCUT2D eigenvalue weighted by atomic mass is 10.1. The molecule has 0 amide bonds. The fraction of sp³-hybridized carbons (Fsp3) is 0.0588. The third-order valence-electron chi connectivity index (χ3n) is 3.87. The number of halogens is 5. The molecule has 4 aromatic rings. The van der Waals surface area contributed by atoms with E-state index in [1.807, 2.05) is 0 Å². The minimum atomic E-state index is -0.642. The SMILES string of the molecule is O=c1c(Cc2ccc(Cl)cc2Cl)nnc2sc(-c3cc(F)c(Cl)cc3Cl)nn12. The van der Waals surface area contributed by atoms with Crippen LogP contribution in [-0.2, 0) is 6.42 Å². The zero-order chi connectivity index (χ0) is 20.0. The topological polar surface area (TPSA) is 60.2 Å². The summed E-state index contributed by atoms with van der Waals surface area (Å²) in [7, 11) is 0. The van der Waals surface area contributed by atoms with Crippen molar-refractivity contribution in [3.63, 3.8) is 0 Å². The lowest BCUT2D eigenvalue weighted by Gasteiger charge is -2.03. The molecule has 4 rings (SSSR count). The summed E-state index contributed by atoms with van der Waals surface area (Å²) in [5, 5.41) is 13.6. The lowest BCUT2D eigenvalue weighted by Crippen LogP contribution is -2.22. The van der Waals surface area contributed by atoms with Gasteiger partial charge in [0.15, 0.2) is 0 Å². The highest BCUT2D eigenvalue weighted by Gasteiger charge is 2.17. The van der Waals surface area contributed by atoms with Crippen LogP contribution in [0.15, 0.2) is 35.1 Å². The van der Waals surface area contributed by atoms with Gasteiger partial charge in [-0.05, 0) is 29.8 Å². The molecule has 11 heteroatoms. The summed E-state index contributed by atoms with van der Waals surface area (Å²) in [6.45, 7) is 0. The van der Waals surface area contributed by atoms with Crippen molar-refractivity contribution in [3.05, 3.63) is 77.9 Å². The highest BCUT2D eigenvalue weighted by atomic mass is 35.5. The van der Waals surface area contributed by atoms with Crippen LogP contribution in [0.3, 0.4) is 0 Å². The third-order valence-corrected chi connectivity index (χ3v) is 5.99. The molecule has 0 saturated heterocycles. The Morgan fingerprint density at radius 1 is 1.00 bits per heavy atom. The second-order valence-electron chi connectivity index (χ2n) is 5.71. The molecule has 0 unspecified atom stereocenters. The Hall–Kier alpha value is -1.77. The summed E-state index contributed by atoms with van der Waals surface area (Å²) in [4.78, 5) is 13.0. The van der Waals surface area contributed by atoms with Crippen molar-refractivity contribution in [2.75, 3.05) is 0 Å². The van der Waals surface area contributed by atoms with Crippen LogP contribution < -0.4 is 5.56 Å². The molecule has 0 aliphatic heterocycles. The van der Waals surface area contributed by atoms with E-state index < -0.39 is 11.4 Å². The van der Waals surface area contributed by atoms with Gasteiger partial charge in [-0.3, -0.25) is 4.79 Å². The van der Waals surface area contributed by atoms with Gasteiger partial charge in [0.05, 0.1) is 10.0 Å². The Morgan fingerprint density at radius 3 is 2.54 bits per heavy atom. The van der Waals surface area contributed by atoms with Crippen molar-refractivity contribution in [2.45, 2.75) is 6.42 Å². The normalized spacial score (nSPS) is 11.3.